The van der Waals surface area contributed by atoms with E-state index in [1.54, 1.807) is 60.7 Å². The molecule has 2 aromatic rings. The molecule has 0 unspecified atom stereocenters. The molecule has 24 heavy (non-hydrogen) atoms. The lowest BCUT2D eigenvalue weighted by atomic mass is 10.2. The maximum absolute atomic E-state index is 11.5. The van der Waals surface area contributed by atoms with Crippen LogP contribution >= 0.6 is 0 Å². The standard InChI is InChI=1S/C14H10O4.C4H6O2/c15-13(11-7-3-1-4-8-11)17-18-14(16)12-9-5-2-6-10-12;1-3(5)4(2)6/h1-10H;1-2H3. The SMILES string of the molecule is CC(=O)C(C)=O.O=C(OOC(=O)c1ccccc1)c1ccccc1. The van der Waals surface area contributed by atoms with Crippen LogP contribution in [0.2, 0.25) is 0 Å². The summed E-state index contributed by atoms with van der Waals surface area (Å²) in [6.07, 6.45) is 0. The predicted octanol–water partition coefficient (Wildman–Crippen LogP) is 2.78. The molecule has 0 fully saturated rings. The third-order valence-electron chi connectivity index (χ3n) is 2.71. The lowest BCUT2D eigenvalue weighted by molar-refractivity contribution is -0.187. The molecule has 0 radical (unpaired) electrons. The van der Waals surface area contributed by atoms with Crippen molar-refractivity contribution in [1.29, 1.82) is 0 Å². The maximum Gasteiger partial charge on any atom is 0.386 e. The summed E-state index contributed by atoms with van der Waals surface area (Å²) < 4.78 is 0. The van der Waals surface area contributed by atoms with Crippen molar-refractivity contribution in [2.45, 2.75) is 13.8 Å². The summed E-state index contributed by atoms with van der Waals surface area (Å²) in [5, 5.41) is 0. The van der Waals surface area contributed by atoms with Crippen molar-refractivity contribution in [3.05, 3.63) is 71.8 Å². The first kappa shape index (κ1) is 18.8. The first-order valence-corrected chi connectivity index (χ1v) is 6.96. The number of Topliss-reactive ketones (excluding diaryl/α,β-unsaturated/α-hetero) is 2. The Morgan fingerprint density at radius 2 is 0.875 bits per heavy atom. The fourth-order valence-corrected chi connectivity index (χ4v) is 1.32. The van der Waals surface area contributed by atoms with Gasteiger partial charge in [0.25, 0.3) is 0 Å². The Labute approximate surface area is 138 Å². The molecule has 2 aromatic carbocycles. The van der Waals surface area contributed by atoms with Crippen LogP contribution in [-0.4, -0.2) is 23.5 Å². The highest BCUT2D eigenvalue weighted by atomic mass is 17.2. The minimum absolute atomic E-state index is 0.318. The van der Waals surface area contributed by atoms with Crippen molar-refractivity contribution in [3.63, 3.8) is 0 Å². The van der Waals surface area contributed by atoms with Gasteiger partial charge in [-0.05, 0) is 24.3 Å². The van der Waals surface area contributed by atoms with Crippen LogP contribution < -0.4 is 0 Å². The Kier molecular flexibility index (Phi) is 7.57. The smallest absolute Gasteiger partial charge is 0.291 e. The second-order valence-electron chi connectivity index (χ2n) is 4.59. The molecule has 0 heterocycles. The number of benzene rings is 2. The summed E-state index contributed by atoms with van der Waals surface area (Å²) in [5.41, 5.74) is 0.636. The number of hydrogen-bond acceptors (Lipinski definition) is 6. The van der Waals surface area contributed by atoms with E-state index in [2.05, 4.69) is 9.78 Å². The van der Waals surface area contributed by atoms with Crippen LogP contribution in [0.3, 0.4) is 0 Å². The molecule has 0 aliphatic rings. The van der Waals surface area contributed by atoms with Crippen LogP contribution in [0.15, 0.2) is 60.7 Å². The van der Waals surface area contributed by atoms with Crippen molar-refractivity contribution in [1.82, 2.24) is 0 Å². The molecule has 0 saturated carbocycles. The van der Waals surface area contributed by atoms with Crippen molar-refractivity contribution >= 4 is 23.5 Å². The lowest BCUT2D eigenvalue weighted by Crippen LogP contribution is -2.11. The topological polar surface area (TPSA) is 86.7 Å². The number of carbonyl (C=O) groups excluding carboxylic acids is 4. The molecule has 124 valence electrons. The molecule has 6 nitrogen and oxygen atoms in total. The van der Waals surface area contributed by atoms with E-state index in [4.69, 9.17) is 0 Å². The predicted molar refractivity (Wildman–Crippen MR) is 85.1 cm³/mol. The van der Waals surface area contributed by atoms with E-state index in [1.807, 2.05) is 0 Å². The van der Waals surface area contributed by atoms with Crippen LogP contribution in [0.1, 0.15) is 34.6 Å². The van der Waals surface area contributed by atoms with Gasteiger partial charge in [0.2, 0.25) is 0 Å². The quantitative estimate of drug-likeness (QED) is 0.489. The fourth-order valence-electron chi connectivity index (χ4n) is 1.32. The van der Waals surface area contributed by atoms with Gasteiger partial charge in [0, 0.05) is 13.8 Å². The van der Waals surface area contributed by atoms with Gasteiger partial charge in [0.05, 0.1) is 11.1 Å². The highest BCUT2D eigenvalue weighted by Gasteiger charge is 2.12. The summed E-state index contributed by atoms with van der Waals surface area (Å²) in [6.45, 7) is 2.50. The fraction of sp³-hybridized carbons (Fsp3) is 0.111. The lowest BCUT2D eigenvalue weighted by Gasteiger charge is -2.02. The van der Waals surface area contributed by atoms with Gasteiger partial charge in [-0.2, -0.15) is 0 Å². The second-order valence-corrected chi connectivity index (χ2v) is 4.59. The molecule has 0 bridgehead atoms. The third kappa shape index (κ3) is 6.65. The summed E-state index contributed by atoms with van der Waals surface area (Å²) >= 11 is 0. The Morgan fingerprint density at radius 3 is 1.12 bits per heavy atom. The molecule has 0 amide bonds. The molecule has 0 aromatic heterocycles. The van der Waals surface area contributed by atoms with E-state index in [-0.39, 0.29) is 11.6 Å². The first-order chi connectivity index (χ1) is 11.4. The highest BCUT2D eigenvalue weighted by Crippen LogP contribution is 2.05. The first-order valence-electron chi connectivity index (χ1n) is 6.96. The van der Waals surface area contributed by atoms with E-state index in [9.17, 15) is 19.2 Å². The van der Waals surface area contributed by atoms with E-state index < -0.39 is 11.9 Å². The number of carbonyl (C=O) groups is 4. The average Bonchev–Trinajstić information content (AvgIpc) is 2.61. The average molecular weight is 328 g/mol. The van der Waals surface area contributed by atoms with Crippen molar-refractivity contribution in [2.75, 3.05) is 0 Å². The summed E-state index contributed by atoms with van der Waals surface area (Å²) in [5.74, 6) is -2.18. The minimum atomic E-state index is -0.708. The van der Waals surface area contributed by atoms with Gasteiger partial charge in [-0.25, -0.2) is 19.4 Å². The Bertz CT molecular complexity index is 643. The van der Waals surface area contributed by atoms with Crippen LogP contribution in [0.4, 0.5) is 0 Å². The molecular weight excluding hydrogens is 312 g/mol. The minimum Gasteiger partial charge on any atom is -0.291 e. The monoisotopic (exact) mass is 328 g/mol. The van der Waals surface area contributed by atoms with Crippen LogP contribution in [0, 0.1) is 0 Å². The molecule has 6 heteroatoms. The molecule has 0 saturated heterocycles. The summed E-state index contributed by atoms with van der Waals surface area (Å²) in [4.78, 5) is 51.5. The number of ketones is 2. The van der Waals surface area contributed by atoms with Gasteiger partial charge in [0.1, 0.15) is 0 Å². The van der Waals surface area contributed by atoms with Crippen LogP contribution in [0.25, 0.3) is 0 Å². The van der Waals surface area contributed by atoms with Gasteiger partial charge in [-0.3, -0.25) is 9.59 Å². The van der Waals surface area contributed by atoms with Gasteiger partial charge in [-0.15, -0.1) is 0 Å². The van der Waals surface area contributed by atoms with Gasteiger partial charge in [0.15, 0.2) is 11.6 Å². The molecular formula is C18H16O6. The van der Waals surface area contributed by atoms with Crippen LogP contribution in [0.5, 0.6) is 0 Å². The summed E-state index contributed by atoms with van der Waals surface area (Å²) in [7, 11) is 0. The molecule has 0 N–H and O–H groups in total. The zero-order valence-corrected chi connectivity index (χ0v) is 13.2. The zero-order valence-electron chi connectivity index (χ0n) is 13.2. The van der Waals surface area contributed by atoms with Gasteiger partial charge >= 0.3 is 11.9 Å². The molecule has 2 rings (SSSR count). The highest BCUT2D eigenvalue weighted by molar-refractivity contribution is 6.35. The molecule has 0 aliphatic carbocycles. The Balaban J connectivity index is 0.000000413. The molecule has 0 aliphatic heterocycles. The van der Waals surface area contributed by atoms with Crippen molar-refractivity contribution in [2.24, 2.45) is 0 Å². The second kappa shape index (κ2) is 9.68. The largest absolute Gasteiger partial charge is 0.386 e. The van der Waals surface area contributed by atoms with Crippen LogP contribution in [-0.2, 0) is 19.4 Å². The maximum atomic E-state index is 11.5. The molecule has 0 spiro atoms. The van der Waals surface area contributed by atoms with E-state index in [0.29, 0.717) is 11.1 Å². The van der Waals surface area contributed by atoms with E-state index >= 15 is 0 Å². The number of hydrogen-bond donors (Lipinski definition) is 0. The van der Waals surface area contributed by atoms with Gasteiger partial charge in [-0.1, -0.05) is 36.4 Å². The Morgan fingerprint density at radius 1 is 0.583 bits per heavy atom. The molecule has 0 atom stereocenters. The van der Waals surface area contributed by atoms with E-state index in [1.165, 1.54) is 13.8 Å². The Hall–Kier alpha value is -3.28. The third-order valence-corrected chi connectivity index (χ3v) is 2.71. The van der Waals surface area contributed by atoms with Gasteiger partial charge < -0.3 is 0 Å². The normalized spacial score (nSPS) is 9.08. The number of rotatable bonds is 3. The van der Waals surface area contributed by atoms with Crippen molar-refractivity contribution < 1.29 is 29.0 Å². The summed E-state index contributed by atoms with van der Waals surface area (Å²) in [6, 6.07) is 16.6. The van der Waals surface area contributed by atoms with Crippen molar-refractivity contribution in [3.8, 4) is 0 Å². The van der Waals surface area contributed by atoms with E-state index in [0.717, 1.165) is 0 Å². The zero-order chi connectivity index (χ0) is 17.9.